The van der Waals surface area contributed by atoms with E-state index in [0.29, 0.717) is 12.8 Å². The second-order valence-electron chi connectivity index (χ2n) is 19.8. The quantitative estimate of drug-likeness (QED) is 0.0188. The molecule has 1 aliphatic heterocycles. The molecule has 436 valence electrons. The van der Waals surface area contributed by atoms with Gasteiger partial charge < -0.3 is 44.1 Å². The maximum absolute atomic E-state index is 12.8. The maximum Gasteiger partial charge on any atom is 1.00 e. The van der Waals surface area contributed by atoms with Crippen molar-refractivity contribution in [3.05, 3.63) is 0 Å². The van der Waals surface area contributed by atoms with Crippen LogP contribution in [0.4, 0.5) is 0 Å². The van der Waals surface area contributed by atoms with Crippen molar-refractivity contribution in [2.24, 2.45) is 0 Å². The number of ether oxygens (including phenoxy) is 3. The van der Waals surface area contributed by atoms with E-state index in [1.807, 2.05) is 0 Å². The molecule has 3 N–H and O–H groups in total. The predicted molar refractivity (Wildman–Crippen MR) is 293 cm³/mol. The number of unbranched alkanes of at least 4 members (excludes halogenated alkanes) is 28. The molecule has 5 amide bonds. The minimum absolute atomic E-state index is 0. The fourth-order valence-electron chi connectivity index (χ4n) is 8.51. The van der Waals surface area contributed by atoms with Crippen LogP contribution < -0.4 is 50.4 Å². The van der Waals surface area contributed by atoms with Gasteiger partial charge in [-0.15, -0.1) is 11.8 Å². The van der Waals surface area contributed by atoms with Crippen molar-refractivity contribution in [2.75, 3.05) is 65.5 Å². The fraction of sp³-hybridized carbons (Fsp3) is 0.873. The number of hydrogen-bond acceptors (Lipinski definition) is 15. The van der Waals surface area contributed by atoms with E-state index in [1.165, 1.54) is 148 Å². The van der Waals surface area contributed by atoms with Gasteiger partial charge >= 0.3 is 41.5 Å². The summed E-state index contributed by atoms with van der Waals surface area (Å²) in [7, 11) is -3.45. The average molecular weight is 1130 g/mol. The minimum atomic E-state index is -4.93. The van der Waals surface area contributed by atoms with Crippen molar-refractivity contribution in [3.63, 3.8) is 0 Å². The second kappa shape index (κ2) is 51.1. The van der Waals surface area contributed by atoms with Crippen molar-refractivity contribution >= 4 is 61.1 Å². The van der Waals surface area contributed by atoms with Gasteiger partial charge in [0.1, 0.15) is 13.2 Å². The van der Waals surface area contributed by atoms with Crippen molar-refractivity contribution < 1.29 is 95.8 Å². The van der Waals surface area contributed by atoms with Crippen LogP contribution in [0.5, 0.6) is 0 Å². The molecule has 0 aromatic heterocycles. The van der Waals surface area contributed by atoms with E-state index >= 15 is 0 Å². The Morgan fingerprint density at radius 2 is 1.05 bits per heavy atom. The van der Waals surface area contributed by atoms with Crippen LogP contribution in [-0.2, 0) is 61.4 Å². The summed E-state index contributed by atoms with van der Waals surface area (Å²) < 4.78 is 38.8. The van der Waals surface area contributed by atoms with Crippen LogP contribution in [0.25, 0.3) is 0 Å². The molecule has 1 fully saturated rings. The molecular formula is C55H100N4NaO14PS. The molecule has 1 heterocycles. The first kappa shape index (κ1) is 73.9. The molecule has 0 saturated carbocycles. The number of thioether (sulfide) groups is 1. The largest absolute Gasteiger partial charge is 1.00 e. The molecule has 3 atom stereocenters. The third-order valence-corrected chi connectivity index (χ3v) is 15.2. The number of imide groups is 1. The van der Waals surface area contributed by atoms with E-state index in [-0.39, 0.29) is 99.7 Å². The monoisotopic (exact) mass is 1130 g/mol. The van der Waals surface area contributed by atoms with Gasteiger partial charge in [0.15, 0.2) is 6.10 Å². The molecule has 0 aromatic carbocycles. The van der Waals surface area contributed by atoms with Gasteiger partial charge in [-0.2, -0.15) is 0 Å². The molecule has 0 aromatic rings. The third-order valence-electron chi connectivity index (χ3n) is 13.1. The zero-order valence-electron chi connectivity index (χ0n) is 47.6. The standard InChI is InChI=1S/C55H101N4O14PS.Na/c1-4-6-8-10-12-14-16-18-20-22-24-26-28-30-32-34-53(64)70-43-47(73-54(65)35-33-31-29-27-25-23-21-19-17-15-13-11-9-7-5-2)44-72-74(67,68)71-41-38-58-50(61)45-69-40-37-57-49(60)36-39-59-52(63)42-48(55(59)66)75-46-51(62)56-3;/h47-48H,4-46H2,1-3H3,(H,56,62)(H,57,60)(H,58,61)(H,67,68);/q;+1/p-1/t47-,48?;/m1./s1. The summed E-state index contributed by atoms with van der Waals surface area (Å²) in [4.78, 5) is 99.9. The molecule has 0 bridgehead atoms. The summed E-state index contributed by atoms with van der Waals surface area (Å²) >= 11 is 1.07. The third kappa shape index (κ3) is 43.8. The van der Waals surface area contributed by atoms with Crippen LogP contribution in [0, 0.1) is 0 Å². The Hall–Kier alpha value is -2.09. The topological polar surface area (TPSA) is 245 Å². The predicted octanol–water partition coefficient (Wildman–Crippen LogP) is 6.72. The minimum Gasteiger partial charge on any atom is -0.756 e. The van der Waals surface area contributed by atoms with E-state index in [9.17, 15) is 43.0 Å². The first-order valence-corrected chi connectivity index (χ1v) is 31.5. The number of nitrogens with one attached hydrogen (secondary N) is 3. The van der Waals surface area contributed by atoms with E-state index in [4.69, 9.17) is 23.3 Å². The Kier molecular flexibility index (Phi) is 49.7. The molecule has 76 heavy (non-hydrogen) atoms. The van der Waals surface area contributed by atoms with Crippen molar-refractivity contribution in [1.82, 2.24) is 20.9 Å². The number of carbonyl (C=O) groups excluding carboxylic acids is 7. The molecule has 0 spiro atoms. The Morgan fingerprint density at radius 1 is 0.605 bits per heavy atom. The van der Waals surface area contributed by atoms with Crippen molar-refractivity contribution in [2.45, 2.75) is 244 Å². The molecular weight excluding hydrogens is 1030 g/mol. The number of phosphoric acid groups is 1. The molecule has 1 aliphatic rings. The fourth-order valence-corrected chi connectivity index (χ4v) is 10.3. The van der Waals surface area contributed by atoms with Crippen LogP contribution in [0.3, 0.4) is 0 Å². The van der Waals surface area contributed by atoms with Gasteiger partial charge in [0.2, 0.25) is 29.5 Å². The second-order valence-corrected chi connectivity index (χ2v) is 22.4. The molecule has 18 nitrogen and oxygen atoms in total. The van der Waals surface area contributed by atoms with Crippen LogP contribution in [0.15, 0.2) is 0 Å². The zero-order chi connectivity index (χ0) is 55.0. The summed E-state index contributed by atoms with van der Waals surface area (Å²) in [6, 6.07) is 0. The van der Waals surface area contributed by atoms with E-state index in [2.05, 4.69) is 29.8 Å². The average Bonchev–Trinajstić information content (AvgIpc) is 3.66. The van der Waals surface area contributed by atoms with Gasteiger partial charge in [-0.25, -0.2) is 0 Å². The van der Waals surface area contributed by atoms with Gasteiger partial charge in [-0.3, -0.25) is 43.0 Å². The number of hydrogen-bond donors (Lipinski definition) is 3. The maximum atomic E-state index is 12.8. The van der Waals surface area contributed by atoms with Crippen LogP contribution in [0.1, 0.15) is 232 Å². The SMILES string of the molecule is CCCCCCCCCCCCCCCCCC(=O)OC[C@H](COP(=O)([O-])OCCNC(=O)COCCNC(=O)CCN1C(=O)CC(SCC(=O)NC)C1=O)OC(=O)CCCCCCCCCCCCCCCCC.[Na+]. The van der Waals surface area contributed by atoms with Crippen LogP contribution >= 0.6 is 19.6 Å². The van der Waals surface area contributed by atoms with Gasteiger partial charge in [-0.05, 0) is 12.8 Å². The number of rotatable bonds is 53. The Bertz CT molecular complexity index is 1600. The summed E-state index contributed by atoms with van der Waals surface area (Å²) in [6.45, 7) is 2.35. The molecule has 0 aliphatic carbocycles. The molecule has 1 rings (SSSR count). The smallest absolute Gasteiger partial charge is 0.756 e. The summed E-state index contributed by atoms with van der Waals surface area (Å²) in [5.74, 6) is -3.07. The molecule has 21 heteroatoms. The summed E-state index contributed by atoms with van der Waals surface area (Å²) in [5.41, 5.74) is 0. The molecule has 1 saturated heterocycles. The number of amides is 5. The summed E-state index contributed by atoms with van der Waals surface area (Å²) in [5, 5.41) is 6.82. The first-order chi connectivity index (χ1) is 36.3. The van der Waals surface area contributed by atoms with Gasteiger partial charge in [0.05, 0.1) is 30.8 Å². The van der Waals surface area contributed by atoms with Gasteiger partial charge in [0.25, 0.3) is 7.82 Å². The zero-order valence-corrected chi connectivity index (χ0v) is 51.3. The number of nitrogens with zero attached hydrogens (tertiary/aromatic N) is 1. The van der Waals surface area contributed by atoms with Crippen molar-refractivity contribution in [1.29, 1.82) is 0 Å². The van der Waals surface area contributed by atoms with E-state index in [1.54, 1.807) is 0 Å². The van der Waals surface area contributed by atoms with E-state index < -0.39 is 74.6 Å². The Labute approximate surface area is 483 Å². The number of likely N-dealkylation sites (tertiary alicyclic amines) is 1. The Morgan fingerprint density at radius 3 is 1.54 bits per heavy atom. The summed E-state index contributed by atoms with van der Waals surface area (Å²) in [6.07, 6.45) is 35.0. The normalized spacial score (nSPS) is 14.5. The first-order valence-electron chi connectivity index (χ1n) is 29.0. The van der Waals surface area contributed by atoms with Gasteiger partial charge in [0, 0.05) is 52.4 Å². The van der Waals surface area contributed by atoms with Gasteiger partial charge in [-0.1, -0.05) is 194 Å². The molecule has 2 unspecified atom stereocenters. The van der Waals surface area contributed by atoms with Crippen LogP contribution in [-0.4, -0.2) is 123 Å². The van der Waals surface area contributed by atoms with E-state index in [0.717, 1.165) is 55.2 Å². The number of carbonyl (C=O) groups is 7. The van der Waals surface area contributed by atoms with Crippen molar-refractivity contribution in [3.8, 4) is 0 Å². The number of phosphoric ester groups is 1. The van der Waals surface area contributed by atoms with Crippen LogP contribution in [0.2, 0.25) is 0 Å². The Balaban J connectivity index is 0.0000562. The number of esters is 2. The molecule has 0 radical (unpaired) electrons.